The number of aryl methyl sites for hydroxylation is 1. The van der Waals surface area contributed by atoms with Crippen molar-refractivity contribution in [3.05, 3.63) is 53.5 Å². The second-order valence-electron chi connectivity index (χ2n) is 5.76. The molecule has 1 heterocycles. The molecule has 1 aromatic carbocycles. The second kappa shape index (κ2) is 5.26. The molecule has 1 aliphatic carbocycles. The lowest BCUT2D eigenvalue weighted by Crippen LogP contribution is -2.21. The Kier molecular flexibility index (Phi) is 3.54. The third-order valence-electron chi connectivity index (χ3n) is 4.02. The summed E-state index contributed by atoms with van der Waals surface area (Å²) in [5, 5.41) is 3.19. The topological polar surface area (TPSA) is 37.8 Å². The lowest BCUT2D eigenvalue weighted by Gasteiger charge is -2.18. The van der Waals surface area contributed by atoms with Crippen molar-refractivity contribution in [3.63, 3.8) is 0 Å². The number of nitrogens with zero attached hydrogens (tertiary/aromatic N) is 2. The lowest BCUT2D eigenvalue weighted by atomic mass is 9.94. The summed E-state index contributed by atoms with van der Waals surface area (Å²) >= 11 is 0. The van der Waals surface area contributed by atoms with Gasteiger partial charge in [-0.25, -0.2) is 4.98 Å². The highest BCUT2D eigenvalue weighted by Crippen LogP contribution is 2.49. The lowest BCUT2D eigenvalue weighted by molar-refractivity contribution is -0.137. The number of benzene rings is 1. The highest BCUT2D eigenvalue weighted by atomic mass is 19.4. The maximum atomic E-state index is 12.8. The maximum absolute atomic E-state index is 12.8. The van der Waals surface area contributed by atoms with E-state index in [1.807, 2.05) is 6.92 Å². The zero-order valence-corrected chi connectivity index (χ0v) is 12.1. The minimum atomic E-state index is -4.30. The number of halogens is 3. The minimum Gasteiger partial charge on any atom is -0.368 e. The van der Waals surface area contributed by atoms with Crippen molar-refractivity contribution < 1.29 is 13.2 Å². The third kappa shape index (κ3) is 3.05. The summed E-state index contributed by atoms with van der Waals surface area (Å²) < 4.78 is 38.5. The van der Waals surface area contributed by atoms with Crippen LogP contribution in [0.1, 0.15) is 29.7 Å². The molecule has 0 unspecified atom stereocenters. The molecular weight excluding hydrogens is 291 g/mol. The summed E-state index contributed by atoms with van der Waals surface area (Å²) in [6, 6.07) is 5.62. The van der Waals surface area contributed by atoms with Gasteiger partial charge in [0.2, 0.25) is 0 Å². The Hall–Kier alpha value is -2.11. The molecule has 3 rings (SSSR count). The number of aromatic nitrogens is 2. The van der Waals surface area contributed by atoms with E-state index in [4.69, 9.17) is 0 Å². The van der Waals surface area contributed by atoms with Gasteiger partial charge in [0.1, 0.15) is 5.82 Å². The summed E-state index contributed by atoms with van der Waals surface area (Å²) in [7, 11) is 0. The van der Waals surface area contributed by atoms with Crippen LogP contribution in [0.5, 0.6) is 0 Å². The van der Waals surface area contributed by atoms with Crippen molar-refractivity contribution in [2.24, 2.45) is 0 Å². The van der Waals surface area contributed by atoms with Crippen molar-refractivity contribution >= 4 is 5.82 Å². The van der Waals surface area contributed by atoms with Crippen LogP contribution in [0, 0.1) is 6.92 Å². The third-order valence-corrected chi connectivity index (χ3v) is 4.02. The molecule has 0 amide bonds. The van der Waals surface area contributed by atoms with Gasteiger partial charge in [0.15, 0.2) is 0 Å². The van der Waals surface area contributed by atoms with Crippen molar-refractivity contribution in [2.45, 2.75) is 31.4 Å². The van der Waals surface area contributed by atoms with Gasteiger partial charge >= 0.3 is 6.18 Å². The van der Waals surface area contributed by atoms with Crippen LogP contribution in [0.15, 0.2) is 36.7 Å². The average Bonchev–Trinajstić information content (AvgIpc) is 3.26. The van der Waals surface area contributed by atoms with Gasteiger partial charge < -0.3 is 5.32 Å². The molecule has 3 nitrogen and oxygen atoms in total. The first-order valence-corrected chi connectivity index (χ1v) is 7.09. The van der Waals surface area contributed by atoms with E-state index in [0.29, 0.717) is 12.4 Å². The summed E-state index contributed by atoms with van der Waals surface area (Å²) in [5.41, 5.74) is 0.711. The molecule has 22 heavy (non-hydrogen) atoms. The molecule has 1 aromatic heterocycles. The van der Waals surface area contributed by atoms with Gasteiger partial charge in [-0.3, -0.25) is 4.98 Å². The van der Waals surface area contributed by atoms with E-state index in [-0.39, 0.29) is 5.41 Å². The Labute approximate surface area is 126 Å². The summed E-state index contributed by atoms with van der Waals surface area (Å²) in [5.74, 6) is 0.651. The van der Waals surface area contributed by atoms with Crippen LogP contribution in [0.4, 0.5) is 19.0 Å². The number of hydrogen-bond donors (Lipinski definition) is 1. The Morgan fingerprint density at radius 2 is 2.00 bits per heavy atom. The number of nitrogens with one attached hydrogen (secondary N) is 1. The zero-order chi connectivity index (χ0) is 15.8. The largest absolute Gasteiger partial charge is 0.416 e. The molecule has 0 atom stereocenters. The molecule has 2 aromatic rings. The number of rotatable bonds is 4. The highest BCUT2D eigenvalue weighted by Gasteiger charge is 2.45. The van der Waals surface area contributed by atoms with Gasteiger partial charge in [-0.05, 0) is 31.4 Å². The fourth-order valence-corrected chi connectivity index (χ4v) is 2.55. The van der Waals surface area contributed by atoms with E-state index in [9.17, 15) is 13.2 Å². The van der Waals surface area contributed by atoms with Crippen molar-refractivity contribution in [2.75, 3.05) is 11.9 Å². The van der Waals surface area contributed by atoms with Crippen LogP contribution in [-0.2, 0) is 11.6 Å². The standard InChI is InChI=1S/C16H16F3N3/c1-11-8-20-9-14(22-11)21-10-15(5-6-15)12-3-2-4-13(7-12)16(17,18)19/h2-4,7-9H,5-6,10H2,1H3,(H,21,22). The van der Waals surface area contributed by atoms with Gasteiger partial charge in [0.25, 0.3) is 0 Å². The molecular formula is C16H16F3N3. The SMILES string of the molecule is Cc1cncc(NCC2(c3cccc(C(F)(F)F)c3)CC2)n1. The Morgan fingerprint density at radius 1 is 1.23 bits per heavy atom. The van der Waals surface area contributed by atoms with Crippen LogP contribution in [0.3, 0.4) is 0 Å². The molecule has 0 spiro atoms. The first-order chi connectivity index (χ1) is 10.4. The molecule has 1 N–H and O–H groups in total. The molecule has 1 fully saturated rings. The summed E-state index contributed by atoms with van der Waals surface area (Å²) in [6.45, 7) is 2.41. The number of anilines is 1. The van der Waals surface area contributed by atoms with Crippen molar-refractivity contribution in [1.82, 2.24) is 9.97 Å². The van der Waals surface area contributed by atoms with Crippen molar-refractivity contribution in [3.8, 4) is 0 Å². The summed E-state index contributed by atoms with van der Waals surface area (Å²) in [4.78, 5) is 8.35. The maximum Gasteiger partial charge on any atom is 0.416 e. The fourth-order valence-electron chi connectivity index (χ4n) is 2.55. The fraction of sp³-hybridized carbons (Fsp3) is 0.375. The number of alkyl halides is 3. The van der Waals surface area contributed by atoms with Gasteiger partial charge in [-0.1, -0.05) is 18.2 Å². The molecule has 1 aliphatic rings. The van der Waals surface area contributed by atoms with Crippen molar-refractivity contribution in [1.29, 1.82) is 0 Å². The monoisotopic (exact) mass is 307 g/mol. The first-order valence-electron chi connectivity index (χ1n) is 7.09. The van der Waals surface area contributed by atoms with E-state index in [1.54, 1.807) is 18.5 Å². The summed E-state index contributed by atoms with van der Waals surface area (Å²) in [6.07, 6.45) is 0.725. The second-order valence-corrected chi connectivity index (χ2v) is 5.76. The highest BCUT2D eigenvalue weighted by molar-refractivity contribution is 5.40. The van der Waals surface area contributed by atoms with Crippen LogP contribution in [-0.4, -0.2) is 16.5 Å². The quantitative estimate of drug-likeness (QED) is 0.929. The van der Waals surface area contributed by atoms with Gasteiger partial charge in [0.05, 0.1) is 17.5 Å². The van der Waals surface area contributed by atoms with E-state index in [0.717, 1.165) is 30.2 Å². The first kappa shape index (κ1) is 14.8. The van der Waals surface area contributed by atoms with Crippen LogP contribution < -0.4 is 5.32 Å². The molecule has 1 saturated carbocycles. The zero-order valence-electron chi connectivity index (χ0n) is 12.1. The van der Waals surface area contributed by atoms with E-state index >= 15 is 0 Å². The van der Waals surface area contributed by atoms with Gasteiger partial charge in [-0.2, -0.15) is 13.2 Å². The van der Waals surface area contributed by atoms with Gasteiger partial charge in [-0.15, -0.1) is 0 Å². The molecule has 0 aliphatic heterocycles. The van der Waals surface area contributed by atoms with Crippen LogP contribution in [0.25, 0.3) is 0 Å². The Balaban J connectivity index is 1.77. The number of hydrogen-bond acceptors (Lipinski definition) is 3. The van der Waals surface area contributed by atoms with Crippen LogP contribution >= 0.6 is 0 Å². The van der Waals surface area contributed by atoms with Crippen LogP contribution in [0.2, 0.25) is 0 Å². The van der Waals surface area contributed by atoms with E-state index < -0.39 is 11.7 Å². The minimum absolute atomic E-state index is 0.229. The molecule has 0 bridgehead atoms. The Bertz CT molecular complexity index is 678. The van der Waals surface area contributed by atoms with Gasteiger partial charge in [0, 0.05) is 18.2 Å². The van der Waals surface area contributed by atoms with E-state index in [1.165, 1.54) is 12.1 Å². The smallest absolute Gasteiger partial charge is 0.368 e. The molecule has 0 radical (unpaired) electrons. The molecule has 0 saturated heterocycles. The average molecular weight is 307 g/mol. The normalized spacial score (nSPS) is 16.4. The Morgan fingerprint density at radius 3 is 2.64 bits per heavy atom. The predicted octanol–water partition coefficient (Wildman–Crippen LogP) is 3.95. The molecule has 6 heteroatoms. The molecule has 116 valence electrons. The van der Waals surface area contributed by atoms with E-state index in [2.05, 4.69) is 15.3 Å². The predicted molar refractivity (Wildman–Crippen MR) is 77.6 cm³/mol.